The van der Waals surface area contributed by atoms with Crippen LogP contribution in [0.1, 0.15) is 5.82 Å². The van der Waals surface area contributed by atoms with Crippen LogP contribution in [-0.4, -0.2) is 24.9 Å². The van der Waals surface area contributed by atoms with Gasteiger partial charge in [-0.15, -0.1) is 6.58 Å². The third-order valence-electron chi connectivity index (χ3n) is 1.77. The summed E-state index contributed by atoms with van der Waals surface area (Å²) in [5, 5.41) is 9.83. The summed E-state index contributed by atoms with van der Waals surface area (Å²) in [6.45, 7) is 3.56. The maximum Gasteiger partial charge on any atom is 0.200 e. The smallest absolute Gasteiger partial charge is 0.200 e. The van der Waals surface area contributed by atoms with E-state index in [9.17, 15) is 5.21 Å². The fourth-order valence-corrected chi connectivity index (χ4v) is 1.33. The zero-order chi connectivity index (χ0) is 10.1. The molecule has 0 saturated carbocycles. The monoisotopic (exact) mass is 210 g/mol. The third kappa shape index (κ3) is 1.22. The van der Waals surface area contributed by atoms with E-state index in [1.807, 2.05) is 0 Å². The summed E-state index contributed by atoms with van der Waals surface area (Å²) in [7, 11) is 0. The minimum absolute atomic E-state index is 0.230. The molecule has 0 bridgehead atoms. The summed E-state index contributed by atoms with van der Waals surface area (Å²) in [6.07, 6.45) is 3.36. The largest absolute Gasteiger partial charge is 0.425 e. The van der Waals surface area contributed by atoms with Gasteiger partial charge in [-0.05, 0) is 0 Å². The fourth-order valence-electron chi connectivity index (χ4n) is 1.16. The Morgan fingerprint density at radius 1 is 1.57 bits per heavy atom. The molecule has 2 rings (SSSR count). The molecule has 14 heavy (non-hydrogen) atoms. The molecule has 0 aromatic carbocycles. The molecule has 0 radical (unpaired) electrons. The van der Waals surface area contributed by atoms with Crippen LogP contribution in [0.2, 0.25) is 5.15 Å². The van der Waals surface area contributed by atoms with Crippen LogP contribution in [0.15, 0.2) is 19.0 Å². The van der Waals surface area contributed by atoms with E-state index in [4.69, 9.17) is 11.6 Å². The molecule has 2 aromatic heterocycles. The van der Waals surface area contributed by atoms with Crippen molar-refractivity contribution in [3.8, 4) is 0 Å². The molecule has 0 aliphatic carbocycles. The normalized spacial score (nSPS) is 10.6. The van der Waals surface area contributed by atoms with Crippen molar-refractivity contribution in [1.82, 2.24) is 19.7 Å². The van der Waals surface area contributed by atoms with Gasteiger partial charge in [0, 0.05) is 6.42 Å². The van der Waals surface area contributed by atoms with Crippen molar-refractivity contribution in [3.63, 3.8) is 0 Å². The Morgan fingerprint density at radius 2 is 2.36 bits per heavy atom. The van der Waals surface area contributed by atoms with Gasteiger partial charge in [-0.25, -0.2) is 15.0 Å². The van der Waals surface area contributed by atoms with Gasteiger partial charge in [0.15, 0.2) is 11.0 Å². The number of allylic oxidation sites excluding steroid dienone is 1. The van der Waals surface area contributed by atoms with E-state index in [1.165, 1.54) is 6.33 Å². The Labute approximate surface area is 84.6 Å². The maximum absolute atomic E-state index is 9.60. The number of aromatic nitrogens is 4. The van der Waals surface area contributed by atoms with Crippen molar-refractivity contribution in [1.29, 1.82) is 0 Å². The lowest BCUT2D eigenvalue weighted by atomic mass is 10.4. The quantitative estimate of drug-likeness (QED) is 0.463. The van der Waals surface area contributed by atoms with Crippen LogP contribution >= 0.6 is 11.6 Å². The minimum Gasteiger partial charge on any atom is -0.425 e. The highest BCUT2D eigenvalue weighted by Gasteiger charge is 2.12. The summed E-state index contributed by atoms with van der Waals surface area (Å²) in [4.78, 5) is 11.7. The number of imidazole rings is 1. The molecule has 0 fully saturated rings. The van der Waals surface area contributed by atoms with Gasteiger partial charge in [-0.3, -0.25) is 0 Å². The van der Waals surface area contributed by atoms with Crippen LogP contribution in [0.4, 0.5) is 0 Å². The number of halogens is 1. The van der Waals surface area contributed by atoms with Gasteiger partial charge in [0.2, 0.25) is 5.65 Å². The number of rotatable bonds is 2. The summed E-state index contributed by atoms with van der Waals surface area (Å²) in [6, 6.07) is 0. The van der Waals surface area contributed by atoms with Gasteiger partial charge in [0.05, 0.1) is 0 Å². The Bertz CT molecular complexity index is 493. The van der Waals surface area contributed by atoms with Crippen LogP contribution < -0.4 is 0 Å². The van der Waals surface area contributed by atoms with Crippen LogP contribution in [0, 0.1) is 0 Å². The van der Waals surface area contributed by atoms with Gasteiger partial charge in [-0.2, -0.15) is 4.73 Å². The molecule has 6 heteroatoms. The maximum atomic E-state index is 9.60. The standard InChI is InChI=1S/C8H7ClN4O/c1-2-3-5-12-6-7(9)10-4-11-8(6)13(5)14/h2,4,14H,1,3H2. The molecule has 2 heterocycles. The molecular weight excluding hydrogens is 204 g/mol. The first-order valence-electron chi connectivity index (χ1n) is 3.92. The average molecular weight is 211 g/mol. The Hall–Kier alpha value is -1.62. The summed E-state index contributed by atoms with van der Waals surface area (Å²) in [5.74, 6) is 0.442. The SMILES string of the molecule is C=CCc1nc2c(Cl)ncnc2n1O. The van der Waals surface area contributed by atoms with Gasteiger partial charge in [-0.1, -0.05) is 17.7 Å². The second-order valence-corrected chi connectivity index (χ2v) is 3.03. The van der Waals surface area contributed by atoms with Gasteiger partial charge < -0.3 is 5.21 Å². The highest BCUT2D eigenvalue weighted by Crippen LogP contribution is 2.18. The van der Waals surface area contributed by atoms with Gasteiger partial charge >= 0.3 is 0 Å². The average Bonchev–Trinajstić information content (AvgIpc) is 2.48. The van der Waals surface area contributed by atoms with E-state index < -0.39 is 0 Å². The molecular formula is C8H7ClN4O. The van der Waals surface area contributed by atoms with E-state index in [0.29, 0.717) is 23.4 Å². The number of hydrogen-bond donors (Lipinski definition) is 1. The highest BCUT2D eigenvalue weighted by molar-refractivity contribution is 6.33. The predicted molar refractivity (Wildman–Crippen MR) is 51.4 cm³/mol. The molecule has 1 N–H and O–H groups in total. The lowest BCUT2D eigenvalue weighted by Gasteiger charge is -1.94. The van der Waals surface area contributed by atoms with E-state index in [2.05, 4.69) is 21.5 Å². The van der Waals surface area contributed by atoms with Crippen molar-refractivity contribution in [2.24, 2.45) is 0 Å². The number of hydrogen-bond acceptors (Lipinski definition) is 4. The van der Waals surface area contributed by atoms with Crippen molar-refractivity contribution in [2.75, 3.05) is 0 Å². The first-order valence-corrected chi connectivity index (χ1v) is 4.30. The number of fused-ring (bicyclic) bond motifs is 1. The van der Waals surface area contributed by atoms with Crippen molar-refractivity contribution in [2.45, 2.75) is 6.42 Å². The molecule has 0 amide bonds. The summed E-state index contributed by atoms with van der Waals surface area (Å²) in [5.41, 5.74) is 0.704. The second kappa shape index (κ2) is 3.26. The van der Waals surface area contributed by atoms with Gasteiger partial charge in [0.25, 0.3) is 0 Å². The topological polar surface area (TPSA) is 63.8 Å². The van der Waals surface area contributed by atoms with Crippen LogP contribution in [0.5, 0.6) is 0 Å². The number of nitrogens with zero attached hydrogens (tertiary/aromatic N) is 4. The molecule has 0 unspecified atom stereocenters. The fraction of sp³-hybridized carbons (Fsp3) is 0.125. The lowest BCUT2D eigenvalue weighted by molar-refractivity contribution is 0.187. The molecule has 5 nitrogen and oxygen atoms in total. The Balaban J connectivity index is 2.72. The van der Waals surface area contributed by atoms with Gasteiger partial charge in [0.1, 0.15) is 11.8 Å². The van der Waals surface area contributed by atoms with E-state index >= 15 is 0 Å². The zero-order valence-electron chi connectivity index (χ0n) is 7.18. The van der Waals surface area contributed by atoms with E-state index in [1.54, 1.807) is 6.08 Å². The van der Waals surface area contributed by atoms with Crippen LogP contribution in [0.25, 0.3) is 11.2 Å². The first kappa shape index (κ1) is 8.96. The Morgan fingerprint density at radius 3 is 3.00 bits per heavy atom. The summed E-state index contributed by atoms with van der Waals surface area (Å²) < 4.78 is 0.893. The Kier molecular flexibility index (Phi) is 2.09. The molecule has 2 aromatic rings. The second-order valence-electron chi connectivity index (χ2n) is 2.67. The molecule has 0 aliphatic heterocycles. The highest BCUT2D eigenvalue weighted by atomic mass is 35.5. The third-order valence-corrected chi connectivity index (χ3v) is 2.05. The molecule has 72 valence electrons. The van der Waals surface area contributed by atoms with Crippen molar-refractivity contribution < 1.29 is 5.21 Å². The summed E-state index contributed by atoms with van der Waals surface area (Å²) >= 11 is 5.78. The van der Waals surface area contributed by atoms with Crippen LogP contribution in [0.3, 0.4) is 0 Å². The minimum atomic E-state index is 0.230. The van der Waals surface area contributed by atoms with E-state index in [-0.39, 0.29) is 5.15 Å². The zero-order valence-corrected chi connectivity index (χ0v) is 7.94. The predicted octanol–water partition coefficient (Wildman–Crippen LogP) is 1.45. The first-order chi connectivity index (χ1) is 6.74. The van der Waals surface area contributed by atoms with Crippen molar-refractivity contribution in [3.05, 3.63) is 30.0 Å². The molecule has 0 saturated heterocycles. The molecule has 0 atom stereocenters. The van der Waals surface area contributed by atoms with Crippen molar-refractivity contribution >= 4 is 22.8 Å². The van der Waals surface area contributed by atoms with E-state index in [0.717, 1.165) is 4.73 Å². The molecule has 0 spiro atoms. The lowest BCUT2D eigenvalue weighted by Crippen LogP contribution is -1.98. The van der Waals surface area contributed by atoms with Crippen LogP contribution in [-0.2, 0) is 6.42 Å². The molecule has 0 aliphatic rings.